The first-order valence-corrected chi connectivity index (χ1v) is 9.53. The van der Waals surface area contributed by atoms with Crippen LogP contribution in [0, 0.1) is 0 Å². The van der Waals surface area contributed by atoms with Crippen LogP contribution < -0.4 is 15.0 Å². The van der Waals surface area contributed by atoms with Crippen LogP contribution in [-0.2, 0) is 11.2 Å². The lowest BCUT2D eigenvalue weighted by Gasteiger charge is -2.17. The predicted molar refractivity (Wildman–Crippen MR) is 102 cm³/mol. The molecule has 31 heavy (non-hydrogen) atoms. The lowest BCUT2D eigenvalue weighted by atomic mass is 10.1. The Bertz CT molecular complexity index is 888. The van der Waals surface area contributed by atoms with Crippen molar-refractivity contribution in [2.24, 2.45) is 0 Å². The van der Waals surface area contributed by atoms with Crippen molar-refractivity contribution in [1.29, 1.82) is 0 Å². The van der Waals surface area contributed by atoms with Crippen LogP contribution >= 0.6 is 0 Å². The maximum Gasteiger partial charge on any atom is 0.422 e. The van der Waals surface area contributed by atoms with Gasteiger partial charge in [-0.3, -0.25) is 9.78 Å². The maximum absolute atomic E-state index is 13.3. The van der Waals surface area contributed by atoms with E-state index in [1.807, 2.05) is 0 Å². The molecule has 2 aromatic heterocycles. The van der Waals surface area contributed by atoms with Gasteiger partial charge < -0.3 is 15.0 Å². The minimum atomic E-state index is -4.44. The molecular weight excluding hydrogens is 423 g/mol. The van der Waals surface area contributed by atoms with Crippen molar-refractivity contribution in [2.45, 2.75) is 37.9 Å². The molecule has 1 fully saturated rings. The number of hydrogen-bond donors (Lipinski definition) is 1. The average molecular weight is 444 g/mol. The zero-order chi connectivity index (χ0) is 22.6. The highest BCUT2D eigenvalue weighted by Crippen LogP contribution is 2.29. The summed E-state index contributed by atoms with van der Waals surface area (Å²) in [6.07, 6.45) is -1.98. The van der Waals surface area contributed by atoms with Crippen molar-refractivity contribution >= 4 is 11.7 Å². The van der Waals surface area contributed by atoms with Crippen LogP contribution in [0.5, 0.6) is 5.75 Å². The summed E-state index contributed by atoms with van der Waals surface area (Å²) in [6.45, 7) is 0.132. The van der Waals surface area contributed by atoms with Crippen LogP contribution in [0.1, 0.15) is 30.6 Å². The van der Waals surface area contributed by atoms with Crippen molar-refractivity contribution in [3.8, 4) is 5.75 Å². The Morgan fingerprint density at radius 2 is 2.00 bits per heavy atom. The molecule has 1 N–H and O–H groups in total. The highest BCUT2D eigenvalue weighted by molar-refractivity contribution is 5.78. The van der Waals surface area contributed by atoms with Crippen molar-refractivity contribution in [1.82, 2.24) is 15.3 Å². The van der Waals surface area contributed by atoms with E-state index < -0.39 is 24.7 Å². The maximum atomic E-state index is 13.3. The Morgan fingerprint density at radius 1 is 1.23 bits per heavy atom. The number of ether oxygens (including phenoxy) is 1. The molecule has 1 atom stereocenters. The molecule has 168 valence electrons. The van der Waals surface area contributed by atoms with E-state index in [2.05, 4.69) is 20.0 Å². The average Bonchev–Trinajstić information content (AvgIpc) is 3.06. The number of hydrogen-bond acceptors (Lipinski definition) is 5. The van der Waals surface area contributed by atoms with Gasteiger partial charge in [0.1, 0.15) is 11.6 Å². The highest BCUT2D eigenvalue weighted by atomic mass is 19.4. The minimum Gasteiger partial charge on any atom is -0.483 e. The lowest BCUT2D eigenvalue weighted by Crippen LogP contribution is -2.29. The van der Waals surface area contributed by atoms with Gasteiger partial charge in [-0.2, -0.15) is 13.2 Å². The van der Waals surface area contributed by atoms with Gasteiger partial charge in [-0.15, -0.1) is 0 Å². The second kappa shape index (κ2) is 9.03. The molecule has 1 aliphatic rings. The summed E-state index contributed by atoms with van der Waals surface area (Å²) in [7, 11) is 0. The zero-order valence-corrected chi connectivity index (χ0v) is 16.6. The molecule has 3 heterocycles. The number of aromatic nitrogens is 2. The van der Waals surface area contributed by atoms with E-state index in [1.165, 1.54) is 23.2 Å². The van der Waals surface area contributed by atoms with Gasteiger partial charge >= 0.3 is 6.18 Å². The topological polar surface area (TPSA) is 67.4 Å². The molecule has 0 radical (unpaired) electrons. The van der Waals surface area contributed by atoms with E-state index in [0.29, 0.717) is 17.1 Å². The third-order valence-corrected chi connectivity index (χ3v) is 4.65. The Labute approximate surface area is 175 Å². The Kier molecular flexibility index (Phi) is 6.61. The van der Waals surface area contributed by atoms with Crippen LogP contribution in [0.2, 0.25) is 0 Å². The Morgan fingerprint density at radius 3 is 2.55 bits per heavy atom. The number of rotatable bonds is 7. The first kappa shape index (κ1) is 22.7. The molecule has 0 bridgehead atoms. The van der Waals surface area contributed by atoms with Gasteiger partial charge in [0, 0.05) is 19.2 Å². The van der Waals surface area contributed by atoms with Crippen molar-refractivity contribution in [2.75, 3.05) is 24.6 Å². The molecular formula is C20H21F5N4O2. The summed E-state index contributed by atoms with van der Waals surface area (Å²) in [5.41, 5.74) is 1.07. The van der Waals surface area contributed by atoms with E-state index in [-0.39, 0.29) is 37.6 Å². The Balaban J connectivity index is 1.50. The molecule has 6 nitrogen and oxygen atoms in total. The lowest BCUT2D eigenvalue weighted by molar-refractivity contribution is -0.153. The largest absolute Gasteiger partial charge is 0.483 e. The molecule has 0 aromatic carbocycles. The van der Waals surface area contributed by atoms with E-state index in [9.17, 15) is 26.7 Å². The van der Waals surface area contributed by atoms with Crippen LogP contribution in [0.4, 0.5) is 27.8 Å². The fraction of sp³-hybridized carbons (Fsp3) is 0.450. The highest BCUT2D eigenvalue weighted by Gasteiger charge is 2.38. The van der Waals surface area contributed by atoms with E-state index >= 15 is 0 Å². The van der Waals surface area contributed by atoms with E-state index in [4.69, 9.17) is 0 Å². The molecule has 1 amide bonds. The quantitative estimate of drug-likeness (QED) is 0.660. The minimum absolute atomic E-state index is 0.0264. The van der Waals surface area contributed by atoms with Crippen molar-refractivity contribution in [3.63, 3.8) is 0 Å². The van der Waals surface area contributed by atoms with Gasteiger partial charge in [-0.25, -0.2) is 13.8 Å². The standard InChI is InChI=1S/C20H21F5N4O2/c1-13(16-4-3-15(10-26-16)31-12-20(23,24)25)28-18(30)8-14-2-5-17(27-9-14)29-7-6-19(21,22)11-29/h2-5,9-10,13H,6-8,11-12H2,1H3,(H,28,30). The summed E-state index contributed by atoms with van der Waals surface area (Å²) in [6, 6.07) is 5.60. The van der Waals surface area contributed by atoms with Gasteiger partial charge in [0.2, 0.25) is 5.91 Å². The van der Waals surface area contributed by atoms with Gasteiger partial charge in [-0.05, 0) is 30.7 Å². The molecule has 2 aromatic rings. The van der Waals surface area contributed by atoms with Crippen LogP contribution in [0.25, 0.3) is 0 Å². The summed E-state index contributed by atoms with van der Waals surface area (Å²) >= 11 is 0. The zero-order valence-electron chi connectivity index (χ0n) is 16.6. The summed E-state index contributed by atoms with van der Waals surface area (Å²) < 4.78 is 67.8. The third kappa shape index (κ3) is 6.76. The van der Waals surface area contributed by atoms with Crippen LogP contribution in [-0.4, -0.2) is 47.7 Å². The number of carbonyl (C=O) groups excluding carboxylic acids is 1. The fourth-order valence-corrected chi connectivity index (χ4v) is 3.09. The number of carbonyl (C=O) groups is 1. The molecule has 0 spiro atoms. The first-order valence-electron chi connectivity index (χ1n) is 9.53. The number of nitrogens with zero attached hydrogens (tertiary/aromatic N) is 3. The molecule has 11 heteroatoms. The number of alkyl halides is 5. The number of nitrogens with one attached hydrogen (secondary N) is 1. The van der Waals surface area contributed by atoms with E-state index in [0.717, 1.165) is 6.20 Å². The van der Waals surface area contributed by atoms with Gasteiger partial charge in [0.25, 0.3) is 5.92 Å². The third-order valence-electron chi connectivity index (χ3n) is 4.65. The van der Waals surface area contributed by atoms with Gasteiger partial charge in [0.15, 0.2) is 6.61 Å². The fourth-order valence-electron chi connectivity index (χ4n) is 3.09. The molecule has 1 unspecified atom stereocenters. The normalized spacial score (nSPS) is 16.8. The monoisotopic (exact) mass is 444 g/mol. The van der Waals surface area contributed by atoms with Crippen LogP contribution in [0.15, 0.2) is 36.7 Å². The predicted octanol–water partition coefficient (Wildman–Crippen LogP) is 3.68. The van der Waals surface area contributed by atoms with Crippen LogP contribution in [0.3, 0.4) is 0 Å². The summed E-state index contributed by atoms with van der Waals surface area (Å²) in [5.74, 6) is -2.62. The van der Waals surface area contributed by atoms with Gasteiger partial charge in [-0.1, -0.05) is 6.07 Å². The SMILES string of the molecule is CC(NC(=O)Cc1ccc(N2CCC(F)(F)C2)nc1)c1ccc(OCC(F)(F)F)cn1. The number of halogens is 5. The molecule has 1 saturated heterocycles. The van der Waals surface area contributed by atoms with E-state index in [1.54, 1.807) is 19.1 Å². The summed E-state index contributed by atoms with van der Waals surface area (Å²) in [5, 5.41) is 2.74. The first-order chi connectivity index (χ1) is 14.5. The second-order valence-corrected chi connectivity index (χ2v) is 7.34. The molecule has 3 rings (SSSR count). The molecule has 1 aliphatic heterocycles. The number of pyridine rings is 2. The van der Waals surface area contributed by atoms with Crippen molar-refractivity contribution < 1.29 is 31.5 Å². The smallest absolute Gasteiger partial charge is 0.422 e. The second-order valence-electron chi connectivity index (χ2n) is 7.34. The number of amides is 1. The van der Waals surface area contributed by atoms with Crippen molar-refractivity contribution in [3.05, 3.63) is 47.9 Å². The van der Waals surface area contributed by atoms with Gasteiger partial charge in [0.05, 0.1) is 30.9 Å². The number of anilines is 1. The Hall–Kier alpha value is -2.98. The molecule has 0 saturated carbocycles. The molecule has 0 aliphatic carbocycles. The summed E-state index contributed by atoms with van der Waals surface area (Å²) in [4.78, 5) is 22.0.